The number of dihydropyridines is 1. The van der Waals surface area contributed by atoms with E-state index in [-0.39, 0.29) is 23.8 Å². The van der Waals surface area contributed by atoms with Crippen LogP contribution in [0.4, 0.5) is 0 Å². The highest BCUT2D eigenvalue weighted by Gasteiger charge is 2.43. The lowest BCUT2D eigenvalue weighted by Gasteiger charge is -2.39. The van der Waals surface area contributed by atoms with E-state index < -0.39 is 5.92 Å². The van der Waals surface area contributed by atoms with E-state index in [1.54, 1.807) is 0 Å². The molecule has 0 radical (unpaired) electrons. The smallest absolute Gasteiger partial charge is 0.337 e. The first kappa shape index (κ1) is 21.8. The minimum absolute atomic E-state index is 0.101. The average molecular weight is 527 g/mol. The summed E-state index contributed by atoms with van der Waals surface area (Å²) in [5, 5.41) is 3.39. The molecular formula is C26H26INO3. The molecule has 4 nitrogen and oxygen atoms in total. The average Bonchev–Trinajstić information content (AvgIpc) is 2.71. The van der Waals surface area contributed by atoms with Gasteiger partial charge in [-0.3, -0.25) is 4.79 Å². The molecule has 1 aliphatic heterocycles. The monoisotopic (exact) mass is 527 g/mol. The SMILES string of the molecule is CC1=C(C(=O)OCc2ccccc2)[C@H](c2ccccc2I)C2=C(CC(C)(C)CC2=O)N1. The summed E-state index contributed by atoms with van der Waals surface area (Å²) in [5.74, 6) is -0.705. The molecule has 0 spiro atoms. The summed E-state index contributed by atoms with van der Waals surface area (Å²) < 4.78 is 6.74. The maximum atomic E-state index is 13.3. The Morgan fingerprint density at radius 1 is 1.10 bits per heavy atom. The minimum atomic E-state index is -0.420. The van der Waals surface area contributed by atoms with Gasteiger partial charge in [0.05, 0.1) is 5.57 Å². The largest absolute Gasteiger partial charge is 0.457 e. The first-order valence-electron chi connectivity index (χ1n) is 10.5. The van der Waals surface area contributed by atoms with Crippen LogP contribution in [0.15, 0.2) is 77.1 Å². The van der Waals surface area contributed by atoms with Gasteiger partial charge in [0.1, 0.15) is 6.61 Å². The third-order valence-corrected chi connectivity index (χ3v) is 6.87. The molecule has 4 rings (SSSR count). The molecule has 1 atom stereocenters. The fraction of sp³-hybridized carbons (Fsp3) is 0.308. The van der Waals surface area contributed by atoms with Crippen LogP contribution in [0.3, 0.4) is 0 Å². The fourth-order valence-corrected chi connectivity index (χ4v) is 5.23. The van der Waals surface area contributed by atoms with Crippen LogP contribution in [-0.4, -0.2) is 11.8 Å². The number of carbonyl (C=O) groups excluding carboxylic acids is 2. The maximum Gasteiger partial charge on any atom is 0.337 e. The minimum Gasteiger partial charge on any atom is -0.457 e. The number of rotatable bonds is 4. The van der Waals surface area contributed by atoms with E-state index in [9.17, 15) is 9.59 Å². The number of Topliss-reactive ketones (excluding diaryl/α,β-unsaturated/α-hetero) is 1. The van der Waals surface area contributed by atoms with Gasteiger partial charge in [0, 0.05) is 32.9 Å². The van der Waals surface area contributed by atoms with Gasteiger partial charge in [-0.25, -0.2) is 4.79 Å². The van der Waals surface area contributed by atoms with E-state index in [0.717, 1.165) is 32.5 Å². The van der Waals surface area contributed by atoms with Gasteiger partial charge in [-0.1, -0.05) is 62.4 Å². The number of ketones is 1. The third kappa shape index (κ3) is 4.47. The van der Waals surface area contributed by atoms with Gasteiger partial charge >= 0.3 is 5.97 Å². The third-order valence-electron chi connectivity index (χ3n) is 5.89. The van der Waals surface area contributed by atoms with E-state index in [4.69, 9.17) is 4.74 Å². The van der Waals surface area contributed by atoms with Crippen molar-refractivity contribution in [2.24, 2.45) is 5.41 Å². The number of benzene rings is 2. The summed E-state index contributed by atoms with van der Waals surface area (Å²) in [6.07, 6.45) is 1.25. The zero-order valence-corrected chi connectivity index (χ0v) is 20.2. The molecule has 2 aromatic rings. The lowest BCUT2D eigenvalue weighted by atomic mass is 9.68. The van der Waals surface area contributed by atoms with Crippen molar-refractivity contribution >= 4 is 34.3 Å². The van der Waals surface area contributed by atoms with E-state index in [1.165, 1.54) is 0 Å². The van der Waals surface area contributed by atoms with Crippen LogP contribution in [0.25, 0.3) is 0 Å². The van der Waals surface area contributed by atoms with Crippen molar-refractivity contribution in [3.8, 4) is 0 Å². The molecule has 0 saturated carbocycles. The van der Waals surface area contributed by atoms with Crippen molar-refractivity contribution in [1.29, 1.82) is 0 Å². The number of carbonyl (C=O) groups is 2. The Labute approximate surface area is 196 Å². The zero-order chi connectivity index (χ0) is 22.2. The predicted molar refractivity (Wildman–Crippen MR) is 129 cm³/mol. The number of ether oxygens (including phenoxy) is 1. The Morgan fingerprint density at radius 2 is 1.77 bits per heavy atom. The zero-order valence-electron chi connectivity index (χ0n) is 18.0. The number of nitrogens with one attached hydrogen (secondary N) is 1. The van der Waals surface area contributed by atoms with Gasteiger partial charge in [-0.2, -0.15) is 0 Å². The highest BCUT2D eigenvalue weighted by Crippen LogP contribution is 2.47. The standard InChI is InChI=1S/C26H26INO3/c1-16-22(25(30)31-15-17-9-5-4-6-10-17)23(18-11-7-8-12-19(18)27)24-20(28-16)13-26(2,3)14-21(24)29/h4-12,23,28H,13-15H2,1-3H3/t23-/m0/s1. The molecule has 1 N–H and O–H groups in total. The predicted octanol–water partition coefficient (Wildman–Crippen LogP) is 5.64. The number of hydrogen-bond acceptors (Lipinski definition) is 4. The molecule has 5 heteroatoms. The summed E-state index contributed by atoms with van der Waals surface area (Å²) in [4.78, 5) is 26.6. The molecule has 0 fully saturated rings. The van der Waals surface area contributed by atoms with Crippen LogP contribution in [0.1, 0.15) is 50.7 Å². The summed E-state index contributed by atoms with van der Waals surface area (Å²) in [6, 6.07) is 17.6. The molecule has 0 aromatic heterocycles. The second-order valence-corrected chi connectivity index (χ2v) is 10.2. The van der Waals surface area contributed by atoms with E-state index >= 15 is 0 Å². The molecule has 2 aromatic carbocycles. The summed E-state index contributed by atoms with van der Waals surface area (Å²) in [7, 11) is 0. The number of hydrogen-bond donors (Lipinski definition) is 1. The summed E-state index contributed by atoms with van der Waals surface area (Å²) in [6.45, 7) is 6.32. The molecule has 0 unspecified atom stereocenters. The van der Waals surface area contributed by atoms with Crippen molar-refractivity contribution in [1.82, 2.24) is 5.32 Å². The number of halogens is 1. The molecule has 1 heterocycles. The van der Waals surface area contributed by atoms with Gasteiger partial charge in [0.15, 0.2) is 5.78 Å². The fourth-order valence-electron chi connectivity index (χ4n) is 4.53. The van der Waals surface area contributed by atoms with Crippen molar-refractivity contribution in [3.63, 3.8) is 0 Å². The molecule has 31 heavy (non-hydrogen) atoms. The first-order valence-corrected chi connectivity index (χ1v) is 11.5. The molecule has 160 valence electrons. The molecule has 0 bridgehead atoms. The molecular weight excluding hydrogens is 501 g/mol. The van der Waals surface area contributed by atoms with Crippen LogP contribution in [0, 0.1) is 8.99 Å². The molecule has 0 amide bonds. The van der Waals surface area contributed by atoms with Crippen LogP contribution in [0.5, 0.6) is 0 Å². The highest BCUT2D eigenvalue weighted by molar-refractivity contribution is 14.1. The van der Waals surface area contributed by atoms with E-state index in [0.29, 0.717) is 17.6 Å². The van der Waals surface area contributed by atoms with Crippen LogP contribution >= 0.6 is 22.6 Å². The normalized spacial score (nSPS) is 20.3. The van der Waals surface area contributed by atoms with E-state index in [2.05, 4.69) is 41.8 Å². The Bertz CT molecular complexity index is 1100. The second-order valence-electron chi connectivity index (χ2n) is 9.01. The van der Waals surface area contributed by atoms with Gasteiger partial charge in [0.2, 0.25) is 0 Å². The summed E-state index contributed by atoms with van der Waals surface area (Å²) >= 11 is 2.28. The van der Waals surface area contributed by atoms with Crippen LogP contribution in [0.2, 0.25) is 0 Å². The molecule has 0 saturated heterocycles. The first-order chi connectivity index (χ1) is 14.8. The van der Waals surface area contributed by atoms with Crippen LogP contribution in [-0.2, 0) is 20.9 Å². The summed E-state index contributed by atoms with van der Waals surface area (Å²) in [5.41, 5.74) is 4.71. The van der Waals surface area contributed by atoms with Crippen molar-refractivity contribution in [2.75, 3.05) is 0 Å². The topological polar surface area (TPSA) is 55.4 Å². The van der Waals surface area contributed by atoms with E-state index in [1.807, 2.05) is 61.5 Å². The lowest BCUT2D eigenvalue weighted by molar-refractivity contribution is -0.140. The molecule has 2 aliphatic rings. The van der Waals surface area contributed by atoms with Crippen LogP contribution < -0.4 is 5.32 Å². The Hall–Kier alpha value is -2.41. The number of esters is 1. The highest BCUT2D eigenvalue weighted by atomic mass is 127. The maximum absolute atomic E-state index is 13.3. The van der Waals surface area contributed by atoms with Gasteiger partial charge in [0.25, 0.3) is 0 Å². The second kappa shape index (κ2) is 8.61. The van der Waals surface area contributed by atoms with Crippen molar-refractivity contribution < 1.29 is 14.3 Å². The Morgan fingerprint density at radius 3 is 2.48 bits per heavy atom. The Kier molecular flexibility index (Phi) is 6.06. The molecule has 1 aliphatic carbocycles. The van der Waals surface area contributed by atoms with Gasteiger partial charge in [-0.15, -0.1) is 0 Å². The van der Waals surface area contributed by atoms with Crippen molar-refractivity contribution in [2.45, 2.75) is 46.1 Å². The van der Waals surface area contributed by atoms with Crippen molar-refractivity contribution in [3.05, 3.63) is 91.8 Å². The van der Waals surface area contributed by atoms with Gasteiger partial charge in [-0.05, 0) is 58.5 Å². The Balaban J connectivity index is 1.75. The number of allylic oxidation sites excluding steroid dienone is 3. The lowest BCUT2D eigenvalue weighted by Crippen LogP contribution is -2.38. The van der Waals surface area contributed by atoms with Gasteiger partial charge < -0.3 is 10.1 Å². The quantitative estimate of drug-likeness (QED) is 0.413.